The Bertz CT molecular complexity index is 1130. The molecule has 2 heterocycles. The minimum absolute atomic E-state index is 0.0566. The highest BCUT2D eigenvalue weighted by molar-refractivity contribution is 7.89. The highest BCUT2D eigenvalue weighted by Gasteiger charge is 2.39. The molecule has 1 aliphatic heterocycles. The average molecular weight is 430 g/mol. The van der Waals surface area contributed by atoms with Crippen LogP contribution in [0.15, 0.2) is 57.9 Å². The Morgan fingerprint density at radius 1 is 1.07 bits per heavy atom. The van der Waals surface area contributed by atoms with Gasteiger partial charge < -0.3 is 4.52 Å². The molecule has 3 aromatic rings. The second kappa shape index (κ2) is 7.59. The molecule has 1 atom stereocenters. The van der Waals surface area contributed by atoms with Gasteiger partial charge in [0.15, 0.2) is 0 Å². The standard InChI is InChI=1S/C22H24FN3O3S/c1-22(2,3)16-8-12-18(13-9-16)30(27,28)26-14-4-5-19(26)21-24-20(25-29-21)15-6-10-17(23)11-7-15/h6-13,19H,4-5,14H2,1-3H3. The molecule has 2 aromatic carbocycles. The van der Waals surface area contributed by atoms with Crippen LogP contribution in [0.4, 0.5) is 4.39 Å². The van der Waals surface area contributed by atoms with E-state index in [4.69, 9.17) is 4.52 Å². The molecule has 0 saturated carbocycles. The summed E-state index contributed by atoms with van der Waals surface area (Å²) in [6.07, 6.45) is 1.31. The van der Waals surface area contributed by atoms with Crippen LogP contribution >= 0.6 is 0 Å². The molecule has 8 heteroatoms. The van der Waals surface area contributed by atoms with Gasteiger partial charge in [-0.05, 0) is 60.2 Å². The summed E-state index contributed by atoms with van der Waals surface area (Å²) in [5, 5.41) is 3.96. The van der Waals surface area contributed by atoms with E-state index in [1.165, 1.54) is 16.4 Å². The molecule has 1 saturated heterocycles. The summed E-state index contributed by atoms with van der Waals surface area (Å²) < 4.78 is 46.6. The van der Waals surface area contributed by atoms with Crippen molar-refractivity contribution in [3.8, 4) is 11.4 Å². The van der Waals surface area contributed by atoms with E-state index in [9.17, 15) is 12.8 Å². The van der Waals surface area contributed by atoms with Crippen molar-refractivity contribution >= 4 is 10.0 Å². The minimum Gasteiger partial charge on any atom is -0.337 e. The van der Waals surface area contributed by atoms with Crippen molar-refractivity contribution < 1.29 is 17.3 Å². The monoisotopic (exact) mass is 429 g/mol. The molecule has 0 N–H and O–H groups in total. The third-order valence-electron chi connectivity index (χ3n) is 5.36. The second-order valence-corrected chi connectivity index (χ2v) is 10.4. The van der Waals surface area contributed by atoms with Crippen molar-refractivity contribution in [1.82, 2.24) is 14.4 Å². The predicted octanol–water partition coefficient (Wildman–Crippen LogP) is 4.70. The topological polar surface area (TPSA) is 76.3 Å². The van der Waals surface area contributed by atoms with E-state index in [2.05, 4.69) is 30.9 Å². The van der Waals surface area contributed by atoms with Crippen LogP contribution < -0.4 is 0 Å². The maximum absolute atomic E-state index is 13.3. The third-order valence-corrected chi connectivity index (χ3v) is 7.28. The van der Waals surface area contributed by atoms with Gasteiger partial charge in [0.2, 0.25) is 21.7 Å². The second-order valence-electron chi connectivity index (χ2n) is 8.51. The zero-order valence-corrected chi connectivity index (χ0v) is 18.0. The predicted molar refractivity (Wildman–Crippen MR) is 111 cm³/mol. The van der Waals surface area contributed by atoms with Gasteiger partial charge in [0.25, 0.3) is 0 Å². The van der Waals surface area contributed by atoms with Gasteiger partial charge in [-0.3, -0.25) is 0 Å². The first-order valence-electron chi connectivity index (χ1n) is 9.88. The van der Waals surface area contributed by atoms with Gasteiger partial charge in [0.1, 0.15) is 11.9 Å². The van der Waals surface area contributed by atoms with Gasteiger partial charge in [0, 0.05) is 12.1 Å². The first-order valence-corrected chi connectivity index (χ1v) is 11.3. The molecule has 0 radical (unpaired) electrons. The van der Waals surface area contributed by atoms with Crippen molar-refractivity contribution in [2.75, 3.05) is 6.54 Å². The SMILES string of the molecule is CC(C)(C)c1ccc(S(=O)(=O)N2CCCC2c2nc(-c3ccc(F)cc3)no2)cc1. The smallest absolute Gasteiger partial charge is 0.245 e. The van der Waals surface area contributed by atoms with Crippen LogP contribution in [-0.4, -0.2) is 29.4 Å². The lowest BCUT2D eigenvalue weighted by atomic mass is 9.87. The average Bonchev–Trinajstić information content (AvgIpc) is 3.38. The maximum atomic E-state index is 13.3. The van der Waals surface area contributed by atoms with Crippen molar-refractivity contribution in [1.29, 1.82) is 0 Å². The Morgan fingerprint density at radius 2 is 1.73 bits per heavy atom. The fraction of sp³-hybridized carbons (Fsp3) is 0.364. The molecule has 6 nitrogen and oxygen atoms in total. The van der Waals surface area contributed by atoms with Crippen LogP contribution in [-0.2, 0) is 15.4 Å². The van der Waals surface area contributed by atoms with E-state index in [1.54, 1.807) is 24.3 Å². The molecule has 0 aliphatic carbocycles. The van der Waals surface area contributed by atoms with E-state index < -0.39 is 16.1 Å². The van der Waals surface area contributed by atoms with Crippen LogP contribution in [0.2, 0.25) is 0 Å². The number of nitrogens with zero attached hydrogens (tertiary/aromatic N) is 3. The largest absolute Gasteiger partial charge is 0.337 e. The number of rotatable bonds is 4. The lowest BCUT2D eigenvalue weighted by molar-refractivity contribution is 0.290. The normalized spacial score (nSPS) is 18.1. The summed E-state index contributed by atoms with van der Waals surface area (Å²) in [6, 6.07) is 12.3. The number of benzene rings is 2. The van der Waals surface area contributed by atoms with E-state index in [1.807, 2.05) is 12.1 Å². The van der Waals surface area contributed by atoms with Crippen LogP contribution in [0.5, 0.6) is 0 Å². The first-order chi connectivity index (χ1) is 14.2. The molecule has 0 bridgehead atoms. The molecule has 0 spiro atoms. The number of hydrogen-bond donors (Lipinski definition) is 0. The maximum Gasteiger partial charge on any atom is 0.245 e. The summed E-state index contributed by atoms with van der Waals surface area (Å²) in [4.78, 5) is 4.64. The molecule has 30 heavy (non-hydrogen) atoms. The fourth-order valence-electron chi connectivity index (χ4n) is 3.62. The van der Waals surface area contributed by atoms with Gasteiger partial charge in [-0.2, -0.15) is 9.29 Å². The molecule has 4 rings (SSSR count). The van der Waals surface area contributed by atoms with Crippen LogP contribution in [0.1, 0.15) is 51.1 Å². The molecular weight excluding hydrogens is 405 g/mol. The number of aromatic nitrogens is 2. The highest BCUT2D eigenvalue weighted by Crippen LogP contribution is 2.37. The van der Waals surface area contributed by atoms with Gasteiger partial charge in [-0.25, -0.2) is 12.8 Å². The zero-order valence-electron chi connectivity index (χ0n) is 17.2. The van der Waals surface area contributed by atoms with Crippen molar-refractivity contribution in [3.63, 3.8) is 0 Å². The Balaban J connectivity index is 1.61. The van der Waals surface area contributed by atoms with Gasteiger partial charge in [0.05, 0.1) is 4.90 Å². The Morgan fingerprint density at radius 3 is 2.37 bits per heavy atom. The summed E-state index contributed by atoms with van der Waals surface area (Å²) in [5.74, 6) is 0.207. The van der Waals surface area contributed by atoms with Crippen LogP contribution in [0.3, 0.4) is 0 Å². The zero-order chi connectivity index (χ0) is 21.5. The fourth-order valence-corrected chi connectivity index (χ4v) is 5.27. The van der Waals surface area contributed by atoms with E-state index in [-0.39, 0.29) is 22.0 Å². The van der Waals surface area contributed by atoms with Crippen molar-refractivity contribution in [3.05, 3.63) is 65.8 Å². The van der Waals surface area contributed by atoms with Crippen LogP contribution in [0, 0.1) is 5.82 Å². The summed E-state index contributed by atoms with van der Waals surface area (Å²) >= 11 is 0. The minimum atomic E-state index is -3.70. The first kappa shape index (κ1) is 20.7. The quantitative estimate of drug-likeness (QED) is 0.601. The molecule has 1 fully saturated rings. The van der Waals surface area contributed by atoms with Crippen molar-refractivity contribution in [2.24, 2.45) is 0 Å². The van der Waals surface area contributed by atoms with E-state index in [0.717, 1.165) is 5.56 Å². The molecule has 1 aliphatic rings. The van der Waals surface area contributed by atoms with Crippen molar-refractivity contribution in [2.45, 2.75) is 50.0 Å². The Labute approximate surface area is 175 Å². The van der Waals surface area contributed by atoms with E-state index in [0.29, 0.717) is 30.8 Å². The molecule has 1 aromatic heterocycles. The lowest BCUT2D eigenvalue weighted by Gasteiger charge is -2.23. The lowest BCUT2D eigenvalue weighted by Crippen LogP contribution is -2.31. The molecule has 1 unspecified atom stereocenters. The van der Waals surface area contributed by atoms with Gasteiger partial charge >= 0.3 is 0 Å². The number of sulfonamides is 1. The summed E-state index contributed by atoms with van der Waals surface area (Å²) in [5.41, 5.74) is 1.62. The Hall–Kier alpha value is -2.58. The molecule has 0 amide bonds. The van der Waals surface area contributed by atoms with Gasteiger partial charge in [-0.1, -0.05) is 38.1 Å². The van der Waals surface area contributed by atoms with Crippen LogP contribution in [0.25, 0.3) is 11.4 Å². The number of halogens is 1. The number of hydrogen-bond acceptors (Lipinski definition) is 5. The molecule has 158 valence electrons. The van der Waals surface area contributed by atoms with Gasteiger partial charge in [-0.15, -0.1) is 0 Å². The van der Waals surface area contributed by atoms with E-state index >= 15 is 0 Å². The Kier molecular flexibility index (Phi) is 5.23. The summed E-state index contributed by atoms with van der Waals surface area (Å²) in [7, 11) is -3.70. The summed E-state index contributed by atoms with van der Waals surface area (Å²) in [6.45, 7) is 6.64. The molecular formula is C22H24FN3O3S. The highest BCUT2D eigenvalue weighted by atomic mass is 32.2. The third kappa shape index (κ3) is 3.89.